The molecule has 2 aromatic carbocycles. The van der Waals surface area contributed by atoms with Gasteiger partial charge in [0.05, 0.1) is 6.04 Å². The maximum atomic E-state index is 6.20. The summed E-state index contributed by atoms with van der Waals surface area (Å²) in [6, 6.07) is 22.0. The summed E-state index contributed by atoms with van der Waals surface area (Å²) >= 11 is 0. The third-order valence-corrected chi connectivity index (χ3v) is 4.78. The van der Waals surface area contributed by atoms with Crippen molar-refractivity contribution in [2.75, 3.05) is 13.1 Å². The highest BCUT2D eigenvalue weighted by molar-refractivity contribution is 5.32. The number of benzene rings is 2. The third kappa shape index (κ3) is 5.55. The van der Waals surface area contributed by atoms with E-state index in [1.165, 1.54) is 30.4 Å². The molecule has 0 aliphatic rings. The van der Waals surface area contributed by atoms with E-state index in [1.807, 2.05) is 6.08 Å². The SMILES string of the molecule is C=CCN(C(CN)CCCCC)C(c1ccccc1)c1ccccc1. The minimum atomic E-state index is 0.204. The van der Waals surface area contributed by atoms with E-state index >= 15 is 0 Å². The highest BCUT2D eigenvalue weighted by Gasteiger charge is 2.27. The Balaban J connectivity index is 2.37. The number of nitrogens with two attached hydrogens (primary N) is 1. The maximum Gasteiger partial charge on any atom is 0.0607 e. The summed E-state index contributed by atoms with van der Waals surface area (Å²) in [6.45, 7) is 7.76. The first-order chi connectivity index (χ1) is 12.3. The number of rotatable bonds is 11. The van der Waals surface area contributed by atoms with Crippen LogP contribution in [0.1, 0.15) is 49.8 Å². The summed E-state index contributed by atoms with van der Waals surface area (Å²) in [5, 5.41) is 0. The van der Waals surface area contributed by atoms with Crippen molar-refractivity contribution >= 4 is 0 Å². The predicted octanol–water partition coefficient (Wildman–Crippen LogP) is 5.17. The zero-order chi connectivity index (χ0) is 17.9. The summed E-state index contributed by atoms with van der Waals surface area (Å²) in [6.07, 6.45) is 6.86. The van der Waals surface area contributed by atoms with Crippen molar-refractivity contribution in [1.82, 2.24) is 4.90 Å². The Morgan fingerprint density at radius 1 is 0.960 bits per heavy atom. The average molecular weight is 337 g/mol. The van der Waals surface area contributed by atoms with E-state index in [4.69, 9.17) is 5.73 Å². The van der Waals surface area contributed by atoms with E-state index in [-0.39, 0.29) is 6.04 Å². The first-order valence-corrected chi connectivity index (χ1v) is 9.48. The molecule has 0 fully saturated rings. The van der Waals surface area contributed by atoms with Crippen molar-refractivity contribution in [3.05, 3.63) is 84.4 Å². The van der Waals surface area contributed by atoms with E-state index in [0.29, 0.717) is 12.6 Å². The average Bonchev–Trinajstić information content (AvgIpc) is 2.67. The van der Waals surface area contributed by atoms with Gasteiger partial charge < -0.3 is 5.73 Å². The van der Waals surface area contributed by atoms with Crippen LogP contribution >= 0.6 is 0 Å². The van der Waals surface area contributed by atoms with E-state index in [1.54, 1.807) is 0 Å². The molecule has 0 spiro atoms. The smallest absolute Gasteiger partial charge is 0.0607 e. The summed E-state index contributed by atoms with van der Waals surface area (Å²) in [4.78, 5) is 2.52. The van der Waals surface area contributed by atoms with Crippen LogP contribution in [0.5, 0.6) is 0 Å². The van der Waals surface area contributed by atoms with Gasteiger partial charge in [0.15, 0.2) is 0 Å². The van der Waals surface area contributed by atoms with Crippen molar-refractivity contribution in [2.24, 2.45) is 5.73 Å². The highest BCUT2D eigenvalue weighted by atomic mass is 15.2. The van der Waals surface area contributed by atoms with Crippen molar-refractivity contribution in [1.29, 1.82) is 0 Å². The van der Waals surface area contributed by atoms with Gasteiger partial charge in [-0.15, -0.1) is 6.58 Å². The van der Waals surface area contributed by atoms with E-state index in [2.05, 4.69) is 79.1 Å². The zero-order valence-corrected chi connectivity index (χ0v) is 15.5. The molecule has 0 heterocycles. The first kappa shape index (κ1) is 19.4. The zero-order valence-electron chi connectivity index (χ0n) is 15.5. The topological polar surface area (TPSA) is 29.3 Å². The first-order valence-electron chi connectivity index (χ1n) is 9.48. The fraction of sp³-hybridized carbons (Fsp3) is 0.391. The predicted molar refractivity (Wildman–Crippen MR) is 109 cm³/mol. The van der Waals surface area contributed by atoms with Gasteiger partial charge in [-0.2, -0.15) is 0 Å². The molecule has 0 aromatic heterocycles. The molecule has 2 aromatic rings. The molecule has 1 atom stereocenters. The van der Waals surface area contributed by atoms with Gasteiger partial charge >= 0.3 is 0 Å². The van der Waals surface area contributed by atoms with E-state index < -0.39 is 0 Å². The van der Waals surface area contributed by atoms with Crippen LogP contribution in [0.15, 0.2) is 73.3 Å². The lowest BCUT2D eigenvalue weighted by molar-refractivity contribution is 0.167. The Morgan fingerprint density at radius 3 is 1.96 bits per heavy atom. The quantitative estimate of drug-likeness (QED) is 0.453. The van der Waals surface area contributed by atoms with Crippen molar-refractivity contribution in [3.8, 4) is 0 Å². The molecule has 134 valence electrons. The normalized spacial score (nSPS) is 12.5. The minimum Gasteiger partial charge on any atom is -0.329 e. The van der Waals surface area contributed by atoms with Gasteiger partial charge in [-0.05, 0) is 17.5 Å². The van der Waals surface area contributed by atoms with E-state index in [0.717, 1.165) is 13.0 Å². The number of nitrogens with zero attached hydrogens (tertiary/aromatic N) is 1. The molecule has 0 bridgehead atoms. The van der Waals surface area contributed by atoms with Gasteiger partial charge in [-0.1, -0.05) is 92.9 Å². The van der Waals surface area contributed by atoms with Crippen LogP contribution in [0, 0.1) is 0 Å². The van der Waals surface area contributed by atoms with Gasteiger partial charge in [0.1, 0.15) is 0 Å². The fourth-order valence-electron chi connectivity index (χ4n) is 3.51. The Bertz CT molecular complexity index is 555. The number of unbranched alkanes of at least 4 members (excludes halogenated alkanes) is 2. The second kappa shape index (κ2) is 10.9. The fourth-order valence-corrected chi connectivity index (χ4v) is 3.51. The molecule has 2 N–H and O–H groups in total. The summed E-state index contributed by atoms with van der Waals surface area (Å²) < 4.78 is 0. The molecular weight excluding hydrogens is 304 g/mol. The molecule has 0 saturated heterocycles. The molecule has 0 aliphatic carbocycles. The molecule has 1 unspecified atom stereocenters. The van der Waals surface area contributed by atoms with Gasteiger partial charge in [-0.25, -0.2) is 0 Å². The number of hydrogen-bond acceptors (Lipinski definition) is 2. The maximum absolute atomic E-state index is 6.20. The summed E-state index contributed by atoms with van der Waals surface area (Å²) in [5.41, 5.74) is 8.82. The standard InChI is InChI=1S/C23H32N2/c1-3-5-8-17-22(19-24)25(18-4-2)23(20-13-9-6-10-14-20)21-15-11-7-12-16-21/h4,6-7,9-16,22-23H,2-3,5,8,17-19,24H2,1H3. The Kier molecular flexibility index (Phi) is 8.44. The molecule has 2 heteroatoms. The molecule has 25 heavy (non-hydrogen) atoms. The van der Waals surface area contributed by atoms with Gasteiger partial charge in [0, 0.05) is 19.1 Å². The number of hydrogen-bond donors (Lipinski definition) is 1. The Labute approximate surface area is 153 Å². The summed E-state index contributed by atoms with van der Waals surface area (Å²) in [7, 11) is 0. The lowest BCUT2D eigenvalue weighted by Crippen LogP contribution is -2.43. The van der Waals surface area contributed by atoms with Crippen LogP contribution in [0.4, 0.5) is 0 Å². The second-order valence-electron chi connectivity index (χ2n) is 6.59. The van der Waals surface area contributed by atoms with Crippen LogP contribution in [0.3, 0.4) is 0 Å². The van der Waals surface area contributed by atoms with Gasteiger partial charge in [-0.3, -0.25) is 4.90 Å². The van der Waals surface area contributed by atoms with Gasteiger partial charge in [0.25, 0.3) is 0 Å². The van der Waals surface area contributed by atoms with Crippen LogP contribution in [-0.4, -0.2) is 24.0 Å². The molecule has 2 rings (SSSR count). The van der Waals surface area contributed by atoms with Crippen molar-refractivity contribution < 1.29 is 0 Å². The molecular formula is C23H32N2. The van der Waals surface area contributed by atoms with Crippen molar-refractivity contribution in [2.45, 2.75) is 44.7 Å². The lowest BCUT2D eigenvalue weighted by atomic mass is 9.94. The Morgan fingerprint density at radius 2 is 1.52 bits per heavy atom. The highest BCUT2D eigenvalue weighted by Crippen LogP contribution is 2.31. The molecule has 0 radical (unpaired) electrons. The largest absolute Gasteiger partial charge is 0.329 e. The molecule has 0 aliphatic heterocycles. The van der Waals surface area contributed by atoms with Crippen LogP contribution in [0.2, 0.25) is 0 Å². The van der Waals surface area contributed by atoms with Gasteiger partial charge in [0.2, 0.25) is 0 Å². The monoisotopic (exact) mass is 336 g/mol. The Hall–Kier alpha value is -1.90. The van der Waals surface area contributed by atoms with Crippen LogP contribution < -0.4 is 5.73 Å². The molecule has 0 saturated carbocycles. The van der Waals surface area contributed by atoms with Crippen molar-refractivity contribution in [3.63, 3.8) is 0 Å². The second-order valence-corrected chi connectivity index (χ2v) is 6.59. The lowest BCUT2D eigenvalue weighted by Gasteiger charge is -2.38. The summed E-state index contributed by atoms with van der Waals surface area (Å²) in [5.74, 6) is 0. The third-order valence-electron chi connectivity index (χ3n) is 4.78. The molecule has 2 nitrogen and oxygen atoms in total. The minimum absolute atomic E-state index is 0.204. The van der Waals surface area contributed by atoms with Crippen LogP contribution in [-0.2, 0) is 0 Å². The van der Waals surface area contributed by atoms with E-state index in [9.17, 15) is 0 Å². The van der Waals surface area contributed by atoms with Crippen LogP contribution in [0.25, 0.3) is 0 Å². The molecule has 0 amide bonds.